The van der Waals surface area contributed by atoms with Gasteiger partial charge >= 0.3 is 6.03 Å². The molecule has 1 aliphatic carbocycles. The fourth-order valence-electron chi connectivity index (χ4n) is 7.65. The van der Waals surface area contributed by atoms with Gasteiger partial charge in [0, 0.05) is 56.7 Å². The Hall–Kier alpha value is -5.86. The Bertz CT molecular complexity index is 2120. The van der Waals surface area contributed by atoms with E-state index in [4.69, 9.17) is 15.0 Å². The van der Waals surface area contributed by atoms with Crippen molar-refractivity contribution in [2.45, 2.75) is 69.0 Å². The predicted octanol–water partition coefficient (Wildman–Crippen LogP) is 4.21. The van der Waals surface area contributed by atoms with Crippen LogP contribution < -0.4 is 20.9 Å². The smallest absolute Gasteiger partial charge is 0.315 e. The summed E-state index contributed by atoms with van der Waals surface area (Å²) in [5.74, 6) is 1.10. The zero-order valence-corrected chi connectivity index (χ0v) is 30.1. The number of fused-ring (bicyclic) bond motifs is 1. The molecule has 14 heteroatoms. The molecule has 8 rings (SSSR count). The van der Waals surface area contributed by atoms with E-state index in [0.717, 1.165) is 24.0 Å². The van der Waals surface area contributed by atoms with Crippen LogP contribution in [0.15, 0.2) is 104 Å². The average Bonchev–Trinajstić information content (AvgIpc) is 4.03. The number of aryl methyl sites for hydroxylation is 1. The van der Waals surface area contributed by atoms with Crippen molar-refractivity contribution < 1.29 is 15.0 Å². The molecular formula is C40H45N11O3. The first kappa shape index (κ1) is 35.2. The SMILES string of the molecule is CCc1cnn([C@H]2C[C@@H](n3cnc4c(NCC(c5ccccc5)c5ccccc5)nc(N5CCC(NC(=O)NCc6ccncc6)C5)nc43)[C@H](O)[C@@H]2O)c1. The van der Waals surface area contributed by atoms with Crippen molar-refractivity contribution in [2.24, 2.45) is 0 Å². The second kappa shape index (κ2) is 15.6. The molecule has 1 saturated heterocycles. The minimum absolute atomic E-state index is 0.0311. The van der Waals surface area contributed by atoms with Gasteiger partial charge in [-0.25, -0.2) is 9.78 Å². The first-order chi connectivity index (χ1) is 26.4. The van der Waals surface area contributed by atoms with E-state index >= 15 is 0 Å². The molecule has 0 bridgehead atoms. The number of urea groups is 1. The van der Waals surface area contributed by atoms with Gasteiger partial charge in [0.05, 0.1) is 24.6 Å². The maximum absolute atomic E-state index is 12.8. The molecule has 54 heavy (non-hydrogen) atoms. The third-order valence-corrected chi connectivity index (χ3v) is 10.7. The van der Waals surface area contributed by atoms with E-state index < -0.39 is 24.3 Å². The molecule has 6 aromatic rings. The van der Waals surface area contributed by atoms with Gasteiger partial charge in [-0.15, -0.1) is 0 Å². The third kappa shape index (κ3) is 7.34. The van der Waals surface area contributed by atoms with E-state index in [2.05, 4.69) is 62.1 Å². The number of nitrogens with zero attached hydrogens (tertiary/aromatic N) is 8. The zero-order valence-electron chi connectivity index (χ0n) is 30.1. The molecule has 4 aromatic heterocycles. The molecule has 0 spiro atoms. The van der Waals surface area contributed by atoms with E-state index in [-0.39, 0.29) is 18.0 Å². The molecule has 5 heterocycles. The van der Waals surface area contributed by atoms with Crippen molar-refractivity contribution in [2.75, 3.05) is 29.9 Å². The normalized spacial score (nSPS) is 21.2. The number of anilines is 2. The van der Waals surface area contributed by atoms with Crippen LogP contribution in [-0.4, -0.2) is 88.4 Å². The van der Waals surface area contributed by atoms with Crippen molar-refractivity contribution >= 4 is 29.0 Å². The molecule has 2 aromatic carbocycles. The number of rotatable bonds is 12. The molecule has 2 amide bonds. The molecule has 14 nitrogen and oxygen atoms in total. The minimum atomic E-state index is -1.07. The largest absolute Gasteiger partial charge is 0.388 e. The lowest BCUT2D eigenvalue weighted by atomic mass is 9.91. The lowest BCUT2D eigenvalue weighted by Gasteiger charge is -2.22. The fraction of sp³-hybridized carbons (Fsp3) is 0.350. The number of aliphatic hydroxyl groups is 2. The quantitative estimate of drug-likeness (QED) is 0.123. The Balaban J connectivity index is 1.08. The van der Waals surface area contributed by atoms with E-state index in [1.807, 2.05) is 59.3 Å². The fourth-order valence-corrected chi connectivity index (χ4v) is 7.65. The summed E-state index contributed by atoms with van der Waals surface area (Å²) in [6, 6.07) is 23.2. The number of aliphatic hydroxyl groups excluding tert-OH is 2. The van der Waals surface area contributed by atoms with Gasteiger partial charge in [0.2, 0.25) is 5.95 Å². The number of imidazole rings is 1. The van der Waals surface area contributed by atoms with E-state index in [9.17, 15) is 15.0 Å². The summed E-state index contributed by atoms with van der Waals surface area (Å²) in [4.78, 5) is 33.8. The number of aromatic nitrogens is 7. The lowest BCUT2D eigenvalue weighted by molar-refractivity contribution is 0.00721. The molecule has 0 radical (unpaired) electrons. The topological polar surface area (TPSA) is 171 Å². The molecule has 5 N–H and O–H groups in total. The van der Waals surface area contributed by atoms with Gasteiger partial charge in [0.25, 0.3) is 0 Å². The highest BCUT2D eigenvalue weighted by molar-refractivity contribution is 5.84. The minimum Gasteiger partial charge on any atom is -0.388 e. The summed E-state index contributed by atoms with van der Waals surface area (Å²) >= 11 is 0. The number of nitrogens with one attached hydrogen (secondary N) is 3. The van der Waals surface area contributed by atoms with Crippen LogP contribution in [-0.2, 0) is 13.0 Å². The number of amides is 2. The van der Waals surface area contributed by atoms with Crippen LogP contribution in [0.3, 0.4) is 0 Å². The molecular weight excluding hydrogens is 683 g/mol. The maximum Gasteiger partial charge on any atom is 0.315 e. The van der Waals surface area contributed by atoms with Crippen LogP contribution in [0.4, 0.5) is 16.6 Å². The van der Waals surface area contributed by atoms with Gasteiger partial charge < -0.3 is 35.6 Å². The average molecular weight is 728 g/mol. The Morgan fingerprint density at radius 1 is 0.926 bits per heavy atom. The van der Waals surface area contributed by atoms with Gasteiger partial charge in [0.1, 0.15) is 12.2 Å². The number of carbonyl (C=O) groups is 1. The third-order valence-electron chi connectivity index (χ3n) is 10.7. The second-order valence-corrected chi connectivity index (χ2v) is 14.1. The number of pyridine rings is 1. The van der Waals surface area contributed by atoms with Crippen molar-refractivity contribution in [1.29, 1.82) is 0 Å². The van der Waals surface area contributed by atoms with Crippen LogP contribution in [0.25, 0.3) is 11.2 Å². The standard InChI is InChI=1S/C40H45N11O3/c1-2-26-21-45-51(23-26)33-19-32(35(52)36(33)53)50-25-44-34-37(42-22-31(28-9-5-3-6-10-28)29-11-7-4-8-12-29)47-39(48-38(34)50)49-18-15-30(24-49)46-40(54)43-20-27-13-16-41-17-14-27/h3-14,16-17,21,23,25,30-33,35-36,52-53H,2,15,18-20,22,24H2,1H3,(H,42,47,48)(H2,43,46,54)/t30?,32-,33+,35+,36-/m1/s1. The summed E-state index contributed by atoms with van der Waals surface area (Å²) in [5, 5.41) is 36.8. The van der Waals surface area contributed by atoms with Gasteiger partial charge in [-0.05, 0) is 53.6 Å². The summed E-state index contributed by atoms with van der Waals surface area (Å²) in [7, 11) is 0. The summed E-state index contributed by atoms with van der Waals surface area (Å²) in [6.07, 6.45) is 8.72. The molecule has 2 aliphatic rings. The zero-order chi connectivity index (χ0) is 37.0. The first-order valence-corrected chi connectivity index (χ1v) is 18.6. The molecule has 278 valence electrons. The predicted molar refractivity (Wildman–Crippen MR) is 205 cm³/mol. The van der Waals surface area contributed by atoms with Gasteiger partial charge in [-0.1, -0.05) is 67.6 Å². The highest BCUT2D eigenvalue weighted by Crippen LogP contribution is 2.40. The summed E-state index contributed by atoms with van der Waals surface area (Å²) in [6.45, 7) is 4.16. The number of carbonyl (C=O) groups excluding carboxylic acids is 1. The van der Waals surface area contributed by atoms with Gasteiger partial charge in [-0.2, -0.15) is 15.1 Å². The lowest BCUT2D eigenvalue weighted by Crippen LogP contribution is -2.43. The maximum atomic E-state index is 12.8. The Morgan fingerprint density at radius 3 is 2.35 bits per heavy atom. The molecule has 5 atom stereocenters. The summed E-state index contributed by atoms with van der Waals surface area (Å²) in [5.41, 5.74) is 5.49. The number of benzene rings is 2. The van der Waals surface area contributed by atoms with Crippen LogP contribution in [0.2, 0.25) is 0 Å². The van der Waals surface area contributed by atoms with Crippen molar-refractivity contribution in [3.8, 4) is 0 Å². The highest BCUT2D eigenvalue weighted by Gasteiger charge is 2.44. The molecule has 1 unspecified atom stereocenters. The number of hydrogen-bond acceptors (Lipinski definition) is 10. The Labute approximate surface area is 313 Å². The van der Waals surface area contributed by atoms with E-state index in [0.29, 0.717) is 55.5 Å². The van der Waals surface area contributed by atoms with Crippen LogP contribution in [0, 0.1) is 0 Å². The van der Waals surface area contributed by atoms with Crippen molar-refractivity contribution in [1.82, 2.24) is 44.9 Å². The monoisotopic (exact) mass is 727 g/mol. The molecule has 1 saturated carbocycles. The molecule has 2 fully saturated rings. The highest BCUT2D eigenvalue weighted by atomic mass is 16.3. The Kier molecular flexibility index (Phi) is 10.2. The first-order valence-electron chi connectivity index (χ1n) is 18.6. The summed E-state index contributed by atoms with van der Waals surface area (Å²) < 4.78 is 3.63. The van der Waals surface area contributed by atoms with Gasteiger partial charge in [-0.3, -0.25) is 9.67 Å². The number of hydrogen-bond donors (Lipinski definition) is 5. The second-order valence-electron chi connectivity index (χ2n) is 14.1. The van der Waals surface area contributed by atoms with Crippen LogP contribution in [0.5, 0.6) is 0 Å². The molecule has 1 aliphatic heterocycles. The van der Waals surface area contributed by atoms with Crippen LogP contribution >= 0.6 is 0 Å². The van der Waals surface area contributed by atoms with Gasteiger partial charge in [0.15, 0.2) is 17.0 Å². The van der Waals surface area contributed by atoms with Crippen LogP contribution in [0.1, 0.15) is 60.0 Å². The Morgan fingerprint density at radius 2 is 1.65 bits per heavy atom. The van der Waals surface area contributed by atoms with Crippen molar-refractivity contribution in [3.63, 3.8) is 0 Å². The van der Waals surface area contributed by atoms with E-state index in [1.165, 1.54) is 11.1 Å². The van der Waals surface area contributed by atoms with E-state index in [1.54, 1.807) is 29.6 Å². The van der Waals surface area contributed by atoms with Crippen molar-refractivity contribution in [3.05, 3.63) is 126 Å².